The summed E-state index contributed by atoms with van der Waals surface area (Å²) in [7, 11) is 1.58. The van der Waals surface area contributed by atoms with Crippen molar-refractivity contribution in [2.75, 3.05) is 18.2 Å². The third-order valence-corrected chi connectivity index (χ3v) is 6.18. The normalized spacial score (nSPS) is 23.0. The minimum absolute atomic E-state index is 0.00747. The molecule has 2 aliphatic rings. The van der Waals surface area contributed by atoms with Gasteiger partial charge in [0.15, 0.2) is 0 Å². The number of hydrogen-bond donors (Lipinski definition) is 3. The molecule has 0 aliphatic heterocycles. The monoisotopic (exact) mass is 387 g/mol. The highest BCUT2D eigenvalue weighted by Gasteiger charge is 2.28. The molecule has 0 spiro atoms. The van der Waals surface area contributed by atoms with Gasteiger partial charge in [0.25, 0.3) is 0 Å². The first-order valence-corrected chi connectivity index (χ1v) is 10.6. The summed E-state index contributed by atoms with van der Waals surface area (Å²) in [4.78, 5) is 24.9. The molecule has 3 rings (SSSR count). The van der Waals surface area contributed by atoms with Crippen molar-refractivity contribution in [2.45, 2.75) is 70.3 Å². The Hall–Kier alpha value is -2.24. The average Bonchev–Trinajstić information content (AvgIpc) is 2.71. The van der Waals surface area contributed by atoms with Gasteiger partial charge in [-0.1, -0.05) is 19.3 Å². The summed E-state index contributed by atoms with van der Waals surface area (Å²) in [6.07, 6.45) is 10.1. The number of hydrogen-bond acceptors (Lipinski definition) is 4. The Morgan fingerprint density at radius 1 is 1.07 bits per heavy atom. The Labute approximate surface area is 167 Å². The summed E-state index contributed by atoms with van der Waals surface area (Å²) in [6, 6.07) is 5.44. The number of methoxy groups -OCH3 is 1. The highest BCUT2D eigenvalue weighted by Crippen LogP contribution is 2.30. The molecule has 0 atom stereocenters. The number of amides is 2. The van der Waals surface area contributed by atoms with Gasteiger partial charge in [0.05, 0.1) is 18.5 Å². The van der Waals surface area contributed by atoms with Crippen molar-refractivity contribution in [3.8, 4) is 5.75 Å². The Kier molecular flexibility index (Phi) is 7.18. The van der Waals surface area contributed by atoms with Crippen LogP contribution in [0.3, 0.4) is 0 Å². The van der Waals surface area contributed by atoms with Gasteiger partial charge < -0.3 is 21.1 Å². The predicted molar refractivity (Wildman–Crippen MR) is 111 cm³/mol. The van der Waals surface area contributed by atoms with E-state index in [1.165, 1.54) is 32.1 Å². The van der Waals surface area contributed by atoms with Crippen molar-refractivity contribution in [3.05, 3.63) is 18.2 Å². The maximum absolute atomic E-state index is 12.6. The van der Waals surface area contributed by atoms with E-state index in [-0.39, 0.29) is 23.8 Å². The van der Waals surface area contributed by atoms with E-state index in [4.69, 9.17) is 10.5 Å². The smallest absolute Gasteiger partial charge is 0.227 e. The van der Waals surface area contributed by atoms with E-state index in [0.717, 1.165) is 25.7 Å². The van der Waals surface area contributed by atoms with Crippen LogP contribution in [0.4, 0.5) is 11.4 Å². The van der Waals surface area contributed by atoms with Gasteiger partial charge in [0.1, 0.15) is 5.75 Å². The highest BCUT2D eigenvalue weighted by atomic mass is 16.5. The fraction of sp³-hybridized carbons (Fsp3) is 0.636. The van der Waals surface area contributed by atoms with Crippen molar-refractivity contribution >= 4 is 23.2 Å². The number of nitrogens with two attached hydrogens (primary N) is 1. The zero-order valence-corrected chi connectivity index (χ0v) is 16.8. The van der Waals surface area contributed by atoms with Crippen LogP contribution in [-0.4, -0.2) is 25.0 Å². The molecule has 2 aliphatic carbocycles. The van der Waals surface area contributed by atoms with Crippen LogP contribution >= 0.6 is 0 Å². The molecule has 6 heteroatoms. The van der Waals surface area contributed by atoms with Crippen molar-refractivity contribution in [3.63, 3.8) is 0 Å². The molecule has 154 valence electrons. The van der Waals surface area contributed by atoms with Gasteiger partial charge in [-0.2, -0.15) is 0 Å². The molecule has 0 aromatic heterocycles. The first kappa shape index (κ1) is 20.5. The molecule has 28 heavy (non-hydrogen) atoms. The number of ether oxygens (including phenoxy) is 1. The fourth-order valence-corrected chi connectivity index (χ4v) is 4.45. The fourth-order valence-electron chi connectivity index (χ4n) is 4.45. The van der Waals surface area contributed by atoms with Gasteiger partial charge in [-0.15, -0.1) is 0 Å². The number of carbonyl (C=O) groups excluding carboxylic acids is 2. The number of nitrogen functional groups attached to an aromatic ring is 1. The van der Waals surface area contributed by atoms with E-state index < -0.39 is 0 Å². The van der Waals surface area contributed by atoms with Crippen molar-refractivity contribution in [2.24, 2.45) is 11.8 Å². The third kappa shape index (κ3) is 5.63. The van der Waals surface area contributed by atoms with Crippen LogP contribution in [0.1, 0.15) is 64.2 Å². The molecule has 2 fully saturated rings. The lowest BCUT2D eigenvalue weighted by Gasteiger charge is -2.29. The van der Waals surface area contributed by atoms with E-state index in [2.05, 4.69) is 10.6 Å². The number of rotatable bonds is 6. The van der Waals surface area contributed by atoms with Crippen LogP contribution in [0.15, 0.2) is 18.2 Å². The topological polar surface area (TPSA) is 93.4 Å². The number of benzene rings is 1. The maximum atomic E-state index is 12.6. The van der Waals surface area contributed by atoms with Gasteiger partial charge in [-0.25, -0.2) is 0 Å². The third-order valence-electron chi connectivity index (χ3n) is 6.18. The number of nitrogens with one attached hydrogen (secondary N) is 2. The first-order chi connectivity index (χ1) is 13.5. The standard InChI is InChI=1S/C22H33N3O3/c1-28-18-11-12-19(23)20(14-18)25-22(27)16-7-9-17(10-8-16)24-21(26)13-15-5-3-2-4-6-15/h11-12,14-17H,2-10,13,23H2,1H3,(H,24,26)(H,25,27). The minimum atomic E-state index is -0.0444. The zero-order valence-electron chi connectivity index (χ0n) is 16.8. The van der Waals surface area contributed by atoms with Crippen LogP contribution in [-0.2, 0) is 9.59 Å². The molecular weight excluding hydrogens is 354 g/mol. The molecule has 0 unspecified atom stereocenters. The molecule has 1 aromatic rings. The van der Waals surface area contributed by atoms with Gasteiger partial charge in [0, 0.05) is 24.4 Å². The lowest BCUT2D eigenvalue weighted by Crippen LogP contribution is -2.40. The molecular formula is C22H33N3O3. The molecule has 4 N–H and O–H groups in total. The number of carbonyl (C=O) groups is 2. The Balaban J connectivity index is 1.43. The summed E-state index contributed by atoms with van der Waals surface area (Å²) in [5.41, 5.74) is 7.07. The first-order valence-electron chi connectivity index (χ1n) is 10.6. The summed E-state index contributed by atoms with van der Waals surface area (Å²) >= 11 is 0. The lowest BCUT2D eigenvalue weighted by atomic mass is 9.84. The summed E-state index contributed by atoms with van der Waals surface area (Å²) in [6.45, 7) is 0. The largest absolute Gasteiger partial charge is 0.497 e. The van der Waals surface area contributed by atoms with Gasteiger partial charge in [0.2, 0.25) is 11.8 Å². The van der Waals surface area contributed by atoms with Crippen LogP contribution in [0.5, 0.6) is 5.75 Å². The Morgan fingerprint density at radius 3 is 2.46 bits per heavy atom. The molecule has 0 saturated heterocycles. The second-order valence-corrected chi connectivity index (χ2v) is 8.27. The second kappa shape index (κ2) is 9.80. The van der Waals surface area contributed by atoms with E-state index in [1.807, 2.05) is 0 Å². The van der Waals surface area contributed by atoms with Crippen molar-refractivity contribution < 1.29 is 14.3 Å². The van der Waals surface area contributed by atoms with Crippen LogP contribution in [0.25, 0.3) is 0 Å². The SMILES string of the molecule is COc1ccc(N)c(NC(=O)C2CCC(NC(=O)CC3CCCCC3)CC2)c1. The average molecular weight is 388 g/mol. The summed E-state index contributed by atoms with van der Waals surface area (Å²) < 4.78 is 5.20. The molecule has 0 heterocycles. The van der Waals surface area contributed by atoms with E-state index in [0.29, 0.717) is 29.5 Å². The Bertz CT molecular complexity index is 678. The van der Waals surface area contributed by atoms with Gasteiger partial charge in [-0.3, -0.25) is 9.59 Å². The van der Waals surface area contributed by atoms with Crippen LogP contribution in [0, 0.1) is 11.8 Å². The van der Waals surface area contributed by atoms with Crippen LogP contribution < -0.4 is 21.1 Å². The van der Waals surface area contributed by atoms with Gasteiger partial charge >= 0.3 is 0 Å². The number of anilines is 2. The zero-order chi connectivity index (χ0) is 19.9. The molecule has 1 aromatic carbocycles. The lowest BCUT2D eigenvalue weighted by molar-refractivity contribution is -0.123. The molecule has 6 nitrogen and oxygen atoms in total. The second-order valence-electron chi connectivity index (χ2n) is 8.27. The molecule has 2 amide bonds. The molecule has 0 radical (unpaired) electrons. The summed E-state index contributed by atoms with van der Waals surface area (Å²) in [5, 5.41) is 6.13. The van der Waals surface area contributed by atoms with Crippen molar-refractivity contribution in [1.29, 1.82) is 0 Å². The minimum Gasteiger partial charge on any atom is -0.497 e. The molecule has 2 saturated carbocycles. The molecule has 0 bridgehead atoms. The van der Waals surface area contributed by atoms with Crippen LogP contribution in [0.2, 0.25) is 0 Å². The van der Waals surface area contributed by atoms with Crippen molar-refractivity contribution in [1.82, 2.24) is 5.32 Å². The van der Waals surface area contributed by atoms with E-state index >= 15 is 0 Å². The predicted octanol–water partition coefficient (Wildman–Crippen LogP) is 3.86. The van der Waals surface area contributed by atoms with Gasteiger partial charge in [-0.05, 0) is 56.6 Å². The summed E-state index contributed by atoms with van der Waals surface area (Å²) in [5.74, 6) is 1.35. The maximum Gasteiger partial charge on any atom is 0.227 e. The van der Waals surface area contributed by atoms with E-state index in [9.17, 15) is 9.59 Å². The highest BCUT2D eigenvalue weighted by molar-refractivity contribution is 5.95. The Morgan fingerprint density at radius 2 is 1.79 bits per heavy atom. The quantitative estimate of drug-likeness (QED) is 0.646. The van der Waals surface area contributed by atoms with E-state index in [1.54, 1.807) is 25.3 Å².